The molecule has 3 nitrogen and oxygen atoms in total. The Kier molecular flexibility index (Phi) is 5.99. The first-order valence-electron chi connectivity index (χ1n) is 5.02. The third-order valence-electron chi connectivity index (χ3n) is 1.90. The highest BCUT2D eigenvalue weighted by molar-refractivity contribution is 5.14. The van der Waals surface area contributed by atoms with Crippen LogP contribution in [0, 0.1) is 0 Å². The molecule has 0 saturated carbocycles. The molecule has 0 heterocycles. The summed E-state index contributed by atoms with van der Waals surface area (Å²) in [4.78, 5) is 5.17. The average molecular weight is 194 g/mol. The molecular formula is C11H18N2O. The molecule has 0 aromatic heterocycles. The van der Waals surface area contributed by atoms with Gasteiger partial charge in [-0.05, 0) is 18.4 Å². The van der Waals surface area contributed by atoms with E-state index < -0.39 is 0 Å². The standard InChI is InChI=1S/C11H18N2O/c12-8-9-13-14-10-4-7-11-5-2-1-3-6-11/h1-3,5-6,13H,4,7-10,12H2. The van der Waals surface area contributed by atoms with Crippen LogP contribution in [0.5, 0.6) is 0 Å². The average Bonchev–Trinajstić information content (AvgIpc) is 2.25. The van der Waals surface area contributed by atoms with Crippen molar-refractivity contribution in [3.63, 3.8) is 0 Å². The lowest BCUT2D eigenvalue weighted by molar-refractivity contribution is 0.0418. The summed E-state index contributed by atoms with van der Waals surface area (Å²) in [6.45, 7) is 2.05. The Labute approximate surface area is 85.2 Å². The van der Waals surface area contributed by atoms with Crippen LogP contribution in [-0.2, 0) is 11.3 Å². The lowest BCUT2D eigenvalue weighted by Gasteiger charge is -2.04. The van der Waals surface area contributed by atoms with Crippen LogP contribution in [-0.4, -0.2) is 19.7 Å². The van der Waals surface area contributed by atoms with Gasteiger partial charge in [0, 0.05) is 13.1 Å². The minimum absolute atomic E-state index is 0.610. The molecule has 0 unspecified atom stereocenters. The fourth-order valence-electron chi connectivity index (χ4n) is 1.20. The first-order chi connectivity index (χ1) is 6.93. The van der Waals surface area contributed by atoms with Gasteiger partial charge < -0.3 is 10.6 Å². The summed E-state index contributed by atoms with van der Waals surface area (Å²) in [5.41, 5.74) is 9.44. The Balaban J connectivity index is 1.99. The molecule has 78 valence electrons. The first-order valence-corrected chi connectivity index (χ1v) is 5.02. The van der Waals surface area contributed by atoms with Crippen LogP contribution in [0.2, 0.25) is 0 Å². The lowest BCUT2D eigenvalue weighted by Crippen LogP contribution is -2.23. The molecule has 1 rings (SSSR count). The van der Waals surface area contributed by atoms with Gasteiger partial charge in [-0.15, -0.1) is 0 Å². The van der Waals surface area contributed by atoms with Gasteiger partial charge >= 0.3 is 0 Å². The van der Waals surface area contributed by atoms with Crippen molar-refractivity contribution in [1.29, 1.82) is 0 Å². The Morgan fingerprint density at radius 1 is 1.21 bits per heavy atom. The van der Waals surface area contributed by atoms with E-state index in [0.29, 0.717) is 13.1 Å². The number of nitrogens with one attached hydrogen (secondary N) is 1. The van der Waals surface area contributed by atoms with Gasteiger partial charge in [0.2, 0.25) is 0 Å². The summed E-state index contributed by atoms with van der Waals surface area (Å²) in [6, 6.07) is 10.4. The molecule has 3 heteroatoms. The minimum atomic E-state index is 0.610. The first kappa shape index (κ1) is 11.2. The summed E-state index contributed by atoms with van der Waals surface area (Å²) in [7, 11) is 0. The fourth-order valence-corrected chi connectivity index (χ4v) is 1.20. The molecule has 0 atom stereocenters. The van der Waals surface area contributed by atoms with Crippen LogP contribution in [0.4, 0.5) is 0 Å². The highest BCUT2D eigenvalue weighted by Gasteiger charge is 1.91. The largest absolute Gasteiger partial charge is 0.329 e. The van der Waals surface area contributed by atoms with Crippen LogP contribution < -0.4 is 11.2 Å². The van der Waals surface area contributed by atoms with Gasteiger partial charge in [-0.3, -0.25) is 0 Å². The van der Waals surface area contributed by atoms with Gasteiger partial charge in [0.05, 0.1) is 6.61 Å². The van der Waals surface area contributed by atoms with E-state index in [9.17, 15) is 0 Å². The Hall–Kier alpha value is -0.900. The third-order valence-corrected chi connectivity index (χ3v) is 1.90. The van der Waals surface area contributed by atoms with E-state index in [4.69, 9.17) is 10.6 Å². The molecule has 14 heavy (non-hydrogen) atoms. The van der Waals surface area contributed by atoms with Crippen molar-refractivity contribution in [2.45, 2.75) is 12.8 Å². The summed E-state index contributed by atoms with van der Waals surface area (Å²) in [5.74, 6) is 0. The van der Waals surface area contributed by atoms with Gasteiger partial charge in [0.25, 0.3) is 0 Å². The number of aryl methyl sites for hydroxylation is 1. The van der Waals surface area contributed by atoms with E-state index in [1.54, 1.807) is 0 Å². The summed E-state index contributed by atoms with van der Waals surface area (Å²) in [5, 5.41) is 0. The normalized spacial score (nSPS) is 10.4. The van der Waals surface area contributed by atoms with Crippen molar-refractivity contribution in [2.24, 2.45) is 5.73 Å². The maximum atomic E-state index is 5.29. The molecule has 0 fully saturated rings. The highest BCUT2D eigenvalue weighted by atomic mass is 16.6. The van der Waals surface area contributed by atoms with Gasteiger partial charge in [-0.1, -0.05) is 30.3 Å². The number of nitrogens with two attached hydrogens (primary N) is 1. The van der Waals surface area contributed by atoms with Crippen molar-refractivity contribution in [2.75, 3.05) is 19.7 Å². The van der Waals surface area contributed by atoms with Gasteiger partial charge in [0.15, 0.2) is 0 Å². The molecule has 0 aliphatic heterocycles. The highest BCUT2D eigenvalue weighted by Crippen LogP contribution is 2.01. The molecule has 0 aliphatic carbocycles. The van der Waals surface area contributed by atoms with Crippen LogP contribution >= 0.6 is 0 Å². The van der Waals surface area contributed by atoms with E-state index in [1.807, 2.05) is 6.07 Å². The zero-order valence-electron chi connectivity index (χ0n) is 8.41. The SMILES string of the molecule is NCCNOCCCc1ccccc1. The van der Waals surface area contributed by atoms with Gasteiger partial charge in [0.1, 0.15) is 0 Å². The molecule has 0 amide bonds. The second-order valence-electron chi connectivity index (χ2n) is 3.12. The second-order valence-corrected chi connectivity index (χ2v) is 3.12. The molecule has 0 saturated heterocycles. The quantitative estimate of drug-likeness (QED) is 0.505. The molecule has 0 spiro atoms. The number of rotatable bonds is 7. The van der Waals surface area contributed by atoms with Gasteiger partial charge in [-0.25, -0.2) is 5.48 Å². The van der Waals surface area contributed by atoms with Crippen LogP contribution in [0.3, 0.4) is 0 Å². The van der Waals surface area contributed by atoms with Crippen LogP contribution in [0.1, 0.15) is 12.0 Å². The topological polar surface area (TPSA) is 47.3 Å². The molecule has 3 N–H and O–H groups in total. The molecule has 0 radical (unpaired) electrons. The van der Waals surface area contributed by atoms with Crippen molar-refractivity contribution >= 4 is 0 Å². The van der Waals surface area contributed by atoms with E-state index in [-0.39, 0.29) is 0 Å². The summed E-state index contributed by atoms with van der Waals surface area (Å²) >= 11 is 0. The van der Waals surface area contributed by atoms with E-state index in [2.05, 4.69) is 29.7 Å². The van der Waals surface area contributed by atoms with E-state index >= 15 is 0 Å². The molecular weight excluding hydrogens is 176 g/mol. The lowest BCUT2D eigenvalue weighted by atomic mass is 10.1. The number of benzene rings is 1. The maximum Gasteiger partial charge on any atom is 0.0685 e. The third kappa shape index (κ3) is 4.97. The Morgan fingerprint density at radius 2 is 2.00 bits per heavy atom. The summed E-state index contributed by atoms with van der Waals surface area (Å²) in [6.07, 6.45) is 2.09. The zero-order valence-corrected chi connectivity index (χ0v) is 8.41. The van der Waals surface area contributed by atoms with Crippen molar-refractivity contribution in [3.8, 4) is 0 Å². The van der Waals surface area contributed by atoms with E-state index in [0.717, 1.165) is 19.4 Å². The van der Waals surface area contributed by atoms with Crippen molar-refractivity contribution in [3.05, 3.63) is 35.9 Å². The minimum Gasteiger partial charge on any atom is -0.329 e. The summed E-state index contributed by atoms with van der Waals surface area (Å²) < 4.78 is 0. The van der Waals surface area contributed by atoms with Crippen molar-refractivity contribution in [1.82, 2.24) is 5.48 Å². The molecule has 0 aliphatic rings. The predicted octanol–water partition coefficient (Wildman–Crippen LogP) is 1.10. The van der Waals surface area contributed by atoms with Crippen LogP contribution in [0.15, 0.2) is 30.3 Å². The number of hydrogen-bond acceptors (Lipinski definition) is 3. The molecule has 1 aromatic carbocycles. The van der Waals surface area contributed by atoms with Crippen LogP contribution in [0.25, 0.3) is 0 Å². The van der Waals surface area contributed by atoms with Crippen molar-refractivity contribution < 1.29 is 4.84 Å². The Morgan fingerprint density at radius 3 is 2.71 bits per heavy atom. The zero-order chi connectivity index (χ0) is 10.1. The van der Waals surface area contributed by atoms with E-state index in [1.165, 1.54) is 5.56 Å². The fraction of sp³-hybridized carbons (Fsp3) is 0.455. The molecule has 1 aromatic rings. The van der Waals surface area contributed by atoms with Gasteiger partial charge in [-0.2, -0.15) is 0 Å². The number of hydroxylamine groups is 1. The monoisotopic (exact) mass is 194 g/mol. The smallest absolute Gasteiger partial charge is 0.0685 e. The second kappa shape index (κ2) is 7.50. The number of hydrogen-bond donors (Lipinski definition) is 2. The Bertz CT molecular complexity index is 226. The predicted molar refractivity (Wildman–Crippen MR) is 57.8 cm³/mol. The maximum absolute atomic E-state index is 5.29. The molecule has 0 bridgehead atoms.